The lowest BCUT2D eigenvalue weighted by atomic mass is 10.2. The molecule has 0 unspecified atom stereocenters. The van der Waals surface area contributed by atoms with E-state index in [9.17, 15) is 4.79 Å². The van der Waals surface area contributed by atoms with Crippen molar-refractivity contribution in [2.45, 2.75) is 38.0 Å². The van der Waals surface area contributed by atoms with Crippen LogP contribution in [0.2, 0.25) is 5.02 Å². The fraction of sp³-hybridized carbons (Fsp3) is 0.278. The highest BCUT2D eigenvalue weighted by Gasteiger charge is 2.20. The Hall–Kier alpha value is -1.63. The van der Waals surface area contributed by atoms with E-state index in [1.54, 1.807) is 17.7 Å². The Labute approximate surface area is 160 Å². The van der Waals surface area contributed by atoms with E-state index in [1.165, 1.54) is 22.2 Å². The number of aromatic nitrogens is 2. The van der Waals surface area contributed by atoms with Gasteiger partial charge in [0.15, 0.2) is 0 Å². The second kappa shape index (κ2) is 7.32. The number of amides is 1. The van der Waals surface area contributed by atoms with E-state index in [-0.39, 0.29) is 11.2 Å². The third-order valence-corrected chi connectivity index (χ3v) is 6.74. The van der Waals surface area contributed by atoms with Gasteiger partial charge in [0.05, 0.1) is 5.25 Å². The number of hydrogen-bond donors (Lipinski definition) is 1. The number of carbonyl (C=O) groups excluding carboxylic acids is 1. The van der Waals surface area contributed by atoms with Gasteiger partial charge < -0.3 is 5.32 Å². The molecule has 2 heterocycles. The molecule has 0 aliphatic carbocycles. The summed E-state index contributed by atoms with van der Waals surface area (Å²) >= 11 is 9.22. The standard InChI is InChI=1S/C18H18ClN3OS2/c1-9-11(3)24-17-15(9)18(21-8-20-17)25-12(4)16(23)22-14-7-5-6-13(19)10(14)2/h5-8,12H,1-4H3,(H,22,23)/t12-/m1/s1. The first-order valence-corrected chi connectivity index (χ1v) is 9.89. The number of benzene rings is 1. The SMILES string of the molecule is Cc1sc2ncnc(S[C@H](C)C(=O)Nc3cccc(Cl)c3C)c2c1C. The van der Waals surface area contributed by atoms with E-state index >= 15 is 0 Å². The molecule has 0 saturated carbocycles. The predicted octanol–water partition coefficient (Wildman–Crippen LogP) is 5.39. The number of aryl methyl sites for hydroxylation is 2. The molecule has 0 radical (unpaired) electrons. The number of rotatable bonds is 4. The van der Waals surface area contributed by atoms with Gasteiger partial charge >= 0.3 is 0 Å². The molecule has 0 fully saturated rings. The summed E-state index contributed by atoms with van der Waals surface area (Å²) in [6.45, 7) is 7.92. The third-order valence-electron chi connectivity index (χ3n) is 4.11. The van der Waals surface area contributed by atoms with E-state index in [0.717, 1.165) is 26.5 Å². The number of nitrogens with one attached hydrogen (secondary N) is 1. The molecule has 0 bridgehead atoms. The average Bonchev–Trinajstić information content (AvgIpc) is 2.87. The maximum Gasteiger partial charge on any atom is 0.237 e. The molecule has 1 N–H and O–H groups in total. The quantitative estimate of drug-likeness (QED) is 0.478. The van der Waals surface area contributed by atoms with E-state index in [1.807, 2.05) is 32.0 Å². The number of thiophene rings is 1. The summed E-state index contributed by atoms with van der Waals surface area (Å²) in [6, 6.07) is 5.49. The summed E-state index contributed by atoms with van der Waals surface area (Å²) in [4.78, 5) is 23.5. The van der Waals surface area contributed by atoms with Crippen molar-refractivity contribution in [3.63, 3.8) is 0 Å². The van der Waals surface area contributed by atoms with Crippen LogP contribution in [0.15, 0.2) is 29.6 Å². The highest BCUT2D eigenvalue weighted by molar-refractivity contribution is 8.00. The van der Waals surface area contributed by atoms with Gasteiger partial charge in [0, 0.05) is 21.0 Å². The average molecular weight is 392 g/mol. The maximum absolute atomic E-state index is 12.6. The van der Waals surface area contributed by atoms with E-state index in [4.69, 9.17) is 11.6 Å². The Morgan fingerprint density at radius 2 is 2.00 bits per heavy atom. The lowest BCUT2D eigenvalue weighted by molar-refractivity contribution is -0.115. The van der Waals surface area contributed by atoms with Gasteiger partial charge in [0.1, 0.15) is 16.2 Å². The molecule has 1 aromatic carbocycles. The zero-order valence-corrected chi connectivity index (χ0v) is 16.8. The zero-order valence-electron chi connectivity index (χ0n) is 14.4. The number of anilines is 1. The van der Waals surface area contributed by atoms with Crippen molar-refractivity contribution >= 4 is 56.5 Å². The van der Waals surface area contributed by atoms with Crippen LogP contribution in [0.25, 0.3) is 10.2 Å². The third kappa shape index (κ3) is 3.66. The molecule has 0 spiro atoms. The van der Waals surface area contributed by atoms with Crippen LogP contribution >= 0.6 is 34.7 Å². The first-order valence-electron chi connectivity index (χ1n) is 7.81. The minimum atomic E-state index is -0.295. The fourth-order valence-electron chi connectivity index (χ4n) is 2.44. The Morgan fingerprint density at radius 1 is 1.24 bits per heavy atom. The molecule has 0 aliphatic heterocycles. The molecule has 0 aliphatic rings. The second-order valence-electron chi connectivity index (χ2n) is 5.80. The van der Waals surface area contributed by atoms with Crippen molar-refractivity contribution in [1.82, 2.24) is 9.97 Å². The summed E-state index contributed by atoms with van der Waals surface area (Å²) in [5.74, 6) is -0.0771. The number of thioether (sulfide) groups is 1. The Balaban J connectivity index is 1.81. The van der Waals surface area contributed by atoms with Crippen LogP contribution in [0.3, 0.4) is 0 Å². The normalized spacial score (nSPS) is 12.4. The summed E-state index contributed by atoms with van der Waals surface area (Å²) in [5, 5.41) is 5.19. The topological polar surface area (TPSA) is 54.9 Å². The van der Waals surface area contributed by atoms with Gasteiger partial charge in [-0.05, 0) is 51.0 Å². The van der Waals surface area contributed by atoms with E-state index < -0.39 is 0 Å². The Kier molecular flexibility index (Phi) is 5.32. The largest absolute Gasteiger partial charge is 0.325 e. The summed E-state index contributed by atoms with van der Waals surface area (Å²) < 4.78 is 0. The Bertz CT molecular complexity index is 955. The van der Waals surface area contributed by atoms with Crippen molar-refractivity contribution in [2.75, 3.05) is 5.32 Å². The van der Waals surface area contributed by atoms with Gasteiger partial charge in [0.2, 0.25) is 5.91 Å². The van der Waals surface area contributed by atoms with Crippen LogP contribution < -0.4 is 5.32 Å². The summed E-state index contributed by atoms with van der Waals surface area (Å²) in [7, 11) is 0. The van der Waals surface area contributed by atoms with Crippen LogP contribution in [0.1, 0.15) is 22.9 Å². The lowest BCUT2D eigenvalue weighted by Crippen LogP contribution is -2.23. The molecule has 3 rings (SSSR count). The van der Waals surface area contributed by atoms with Crippen molar-refractivity contribution < 1.29 is 4.79 Å². The molecule has 1 atom stereocenters. The number of hydrogen-bond acceptors (Lipinski definition) is 5. The van der Waals surface area contributed by atoms with E-state index in [0.29, 0.717) is 5.02 Å². The highest BCUT2D eigenvalue weighted by atomic mass is 35.5. The minimum Gasteiger partial charge on any atom is -0.325 e. The van der Waals surface area contributed by atoms with Gasteiger partial charge in [-0.3, -0.25) is 4.79 Å². The molecular weight excluding hydrogens is 374 g/mol. The van der Waals surface area contributed by atoms with Gasteiger partial charge in [-0.25, -0.2) is 9.97 Å². The first kappa shape index (κ1) is 18.2. The van der Waals surface area contributed by atoms with Crippen LogP contribution in [0.5, 0.6) is 0 Å². The van der Waals surface area contributed by atoms with Crippen molar-refractivity contribution in [3.8, 4) is 0 Å². The van der Waals surface area contributed by atoms with E-state index in [2.05, 4.69) is 29.1 Å². The smallest absolute Gasteiger partial charge is 0.237 e. The fourth-order valence-corrected chi connectivity index (χ4v) is 4.65. The van der Waals surface area contributed by atoms with Crippen LogP contribution in [0.4, 0.5) is 5.69 Å². The summed E-state index contributed by atoms with van der Waals surface area (Å²) in [5.41, 5.74) is 2.78. The number of fused-ring (bicyclic) bond motifs is 1. The zero-order chi connectivity index (χ0) is 18.1. The first-order chi connectivity index (χ1) is 11.9. The maximum atomic E-state index is 12.6. The molecule has 130 valence electrons. The number of nitrogens with zero attached hydrogens (tertiary/aromatic N) is 2. The molecular formula is C18H18ClN3OS2. The van der Waals surface area contributed by atoms with Gasteiger partial charge in [0.25, 0.3) is 0 Å². The molecule has 2 aromatic heterocycles. The van der Waals surface area contributed by atoms with Gasteiger partial charge in [-0.1, -0.05) is 29.4 Å². The predicted molar refractivity (Wildman–Crippen MR) is 107 cm³/mol. The second-order valence-corrected chi connectivity index (χ2v) is 8.74. The molecule has 4 nitrogen and oxygen atoms in total. The molecule has 3 aromatic rings. The van der Waals surface area contributed by atoms with Crippen LogP contribution in [0, 0.1) is 20.8 Å². The van der Waals surface area contributed by atoms with Crippen molar-refractivity contribution in [1.29, 1.82) is 0 Å². The van der Waals surface area contributed by atoms with Gasteiger partial charge in [-0.2, -0.15) is 0 Å². The van der Waals surface area contributed by atoms with Crippen LogP contribution in [-0.4, -0.2) is 21.1 Å². The monoisotopic (exact) mass is 391 g/mol. The van der Waals surface area contributed by atoms with Crippen molar-refractivity contribution in [2.24, 2.45) is 0 Å². The molecule has 0 saturated heterocycles. The van der Waals surface area contributed by atoms with Gasteiger partial charge in [-0.15, -0.1) is 11.3 Å². The summed E-state index contributed by atoms with van der Waals surface area (Å²) in [6.07, 6.45) is 1.56. The van der Waals surface area contributed by atoms with Crippen molar-refractivity contribution in [3.05, 3.63) is 45.6 Å². The minimum absolute atomic E-state index is 0.0771. The highest BCUT2D eigenvalue weighted by Crippen LogP contribution is 2.36. The number of halogens is 1. The lowest BCUT2D eigenvalue weighted by Gasteiger charge is -2.14. The molecule has 1 amide bonds. The Morgan fingerprint density at radius 3 is 2.76 bits per heavy atom. The number of carbonyl (C=O) groups is 1. The molecule has 7 heteroatoms. The molecule has 25 heavy (non-hydrogen) atoms. The van der Waals surface area contributed by atoms with Crippen LogP contribution in [-0.2, 0) is 4.79 Å².